The minimum atomic E-state index is -0.414. The molecule has 1 aromatic rings. The van der Waals surface area contributed by atoms with Crippen molar-refractivity contribution in [3.05, 3.63) is 30.1 Å². The van der Waals surface area contributed by atoms with Crippen molar-refractivity contribution in [2.45, 2.75) is 26.4 Å². The zero-order chi connectivity index (χ0) is 13.1. The molecule has 5 heteroatoms. The summed E-state index contributed by atoms with van der Waals surface area (Å²) in [5.41, 5.74) is 0.933. The van der Waals surface area contributed by atoms with Crippen LogP contribution in [-0.4, -0.2) is 34.3 Å². The minimum absolute atomic E-state index is 0.0200. The van der Waals surface area contributed by atoms with E-state index in [0.29, 0.717) is 6.54 Å². The van der Waals surface area contributed by atoms with Gasteiger partial charge in [0.2, 0.25) is 11.8 Å². The van der Waals surface area contributed by atoms with Gasteiger partial charge in [-0.3, -0.25) is 14.6 Å². The predicted octanol–water partition coefficient (Wildman–Crippen LogP) is 0.565. The third-order valence-electron chi connectivity index (χ3n) is 2.99. The van der Waals surface area contributed by atoms with Gasteiger partial charge in [0, 0.05) is 18.9 Å². The molecule has 18 heavy (non-hydrogen) atoms. The molecule has 1 saturated heterocycles. The highest BCUT2D eigenvalue weighted by atomic mass is 16.2. The molecule has 1 aliphatic rings. The number of piperazine rings is 1. The fraction of sp³-hybridized carbons (Fsp3) is 0.462. The molecule has 1 fully saturated rings. The van der Waals surface area contributed by atoms with Crippen LogP contribution in [-0.2, 0) is 16.1 Å². The molecule has 1 N–H and O–H groups in total. The number of aromatic nitrogens is 1. The average Bonchev–Trinajstić information content (AvgIpc) is 2.34. The molecule has 96 valence electrons. The number of amides is 2. The second-order valence-corrected chi connectivity index (χ2v) is 4.84. The number of nitrogens with zero attached hydrogens (tertiary/aromatic N) is 2. The maximum Gasteiger partial charge on any atom is 0.246 e. The lowest BCUT2D eigenvalue weighted by atomic mass is 10.0. The van der Waals surface area contributed by atoms with Gasteiger partial charge in [-0.25, -0.2) is 0 Å². The molecule has 1 atom stereocenters. The lowest BCUT2D eigenvalue weighted by Gasteiger charge is -2.34. The summed E-state index contributed by atoms with van der Waals surface area (Å²) in [5, 5.41) is 2.74. The molecule has 0 spiro atoms. The second-order valence-electron chi connectivity index (χ2n) is 4.84. The van der Waals surface area contributed by atoms with E-state index in [-0.39, 0.29) is 24.3 Å². The van der Waals surface area contributed by atoms with Crippen LogP contribution in [0.2, 0.25) is 0 Å². The zero-order valence-electron chi connectivity index (χ0n) is 10.6. The van der Waals surface area contributed by atoms with Crippen LogP contribution < -0.4 is 5.32 Å². The first-order chi connectivity index (χ1) is 8.58. The van der Waals surface area contributed by atoms with Gasteiger partial charge in [-0.05, 0) is 17.5 Å². The van der Waals surface area contributed by atoms with Gasteiger partial charge >= 0.3 is 0 Å². The lowest BCUT2D eigenvalue weighted by Crippen LogP contribution is -2.59. The van der Waals surface area contributed by atoms with E-state index in [4.69, 9.17) is 0 Å². The Kier molecular flexibility index (Phi) is 3.60. The fourth-order valence-corrected chi connectivity index (χ4v) is 2.03. The minimum Gasteiger partial charge on any atom is -0.343 e. The highest BCUT2D eigenvalue weighted by molar-refractivity contribution is 5.94. The Hall–Kier alpha value is -1.91. The summed E-state index contributed by atoms with van der Waals surface area (Å²) in [7, 11) is 0. The summed E-state index contributed by atoms with van der Waals surface area (Å²) < 4.78 is 0. The molecule has 0 aromatic carbocycles. The van der Waals surface area contributed by atoms with Crippen molar-refractivity contribution in [1.29, 1.82) is 0 Å². The summed E-state index contributed by atoms with van der Waals surface area (Å²) in [4.78, 5) is 29.4. The van der Waals surface area contributed by atoms with Gasteiger partial charge < -0.3 is 10.2 Å². The van der Waals surface area contributed by atoms with E-state index in [2.05, 4.69) is 10.3 Å². The van der Waals surface area contributed by atoms with Crippen LogP contribution in [0.5, 0.6) is 0 Å². The highest BCUT2D eigenvalue weighted by Crippen LogP contribution is 2.13. The number of carbonyl (C=O) groups excluding carboxylic acids is 2. The first-order valence-electron chi connectivity index (χ1n) is 6.05. The van der Waals surface area contributed by atoms with E-state index >= 15 is 0 Å². The van der Waals surface area contributed by atoms with Crippen LogP contribution in [0.3, 0.4) is 0 Å². The first-order valence-corrected chi connectivity index (χ1v) is 6.05. The molecule has 0 radical (unpaired) electrons. The molecule has 2 heterocycles. The Morgan fingerprint density at radius 2 is 2.28 bits per heavy atom. The van der Waals surface area contributed by atoms with Crippen molar-refractivity contribution in [1.82, 2.24) is 15.2 Å². The van der Waals surface area contributed by atoms with E-state index in [1.807, 2.05) is 26.0 Å². The Morgan fingerprint density at radius 3 is 2.89 bits per heavy atom. The molecule has 1 aliphatic heterocycles. The van der Waals surface area contributed by atoms with Gasteiger partial charge in [0.1, 0.15) is 6.04 Å². The van der Waals surface area contributed by atoms with Crippen molar-refractivity contribution < 1.29 is 9.59 Å². The standard InChI is InChI=1S/C13H17N3O2/c1-9(2)12-13(18)16(8-11(17)15-12)7-10-4-3-5-14-6-10/h3-6,9,12H,7-8H2,1-2H3,(H,15,17). The highest BCUT2D eigenvalue weighted by Gasteiger charge is 2.34. The summed E-state index contributed by atoms with van der Waals surface area (Å²) >= 11 is 0. The largest absolute Gasteiger partial charge is 0.343 e. The first kappa shape index (κ1) is 12.5. The van der Waals surface area contributed by atoms with Gasteiger partial charge in [-0.1, -0.05) is 19.9 Å². The van der Waals surface area contributed by atoms with Crippen molar-refractivity contribution in [3.63, 3.8) is 0 Å². The van der Waals surface area contributed by atoms with E-state index in [1.165, 1.54) is 0 Å². The van der Waals surface area contributed by atoms with Gasteiger partial charge in [-0.15, -0.1) is 0 Å². The van der Waals surface area contributed by atoms with Crippen LogP contribution >= 0.6 is 0 Å². The monoisotopic (exact) mass is 247 g/mol. The van der Waals surface area contributed by atoms with E-state index in [1.54, 1.807) is 17.3 Å². The predicted molar refractivity (Wildman–Crippen MR) is 66.4 cm³/mol. The van der Waals surface area contributed by atoms with Crippen LogP contribution in [0.1, 0.15) is 19.4 Å². The third kappa shape index (κ3) is 2.67. The van der Waals surface area contributed by atoms with E-state index in [9.17, 15) is 9.59 Å². The van der Waals surface area contributed by atoms with Gasteiger partial charge in [0.15, 0.2) is 0 Å². The number of pyridine rings is 1. The number of hydrogen-bond donors (Lipinski definition) is 1. The Labute approximate surface area is 106 Å². The fourth-order valence-electron chi connectivity index (χ4n) is 2.03. The molecule has 5 nitrogen and oxygen atoms in total. The Morgan fingerprint density at radius 1 is 1.50 bits per heavy atom. The van der Waals surface area contributed by atoms with Crippen LogP contribution in [0.4, 0.5) is 0 Å². The maximum absolute atomic E-state index is 12.2. The number of carbonyl (C=O) groups is 2. The molecule has 0 saturated carbocycles. The van der Waals surface area contributed by atoms with Gasteiger partial charge in [0.25, 0.3) is 0 Å². The van der Waals surface area contributed by atoms with Crippen LogP contribution in [0, 0.1) is 5.92 Å². The molecule has 0 aliphatic carbocycles. The summed E-state index contributed by atoms with van der Waals surface area (Å²) in [5.74, 6) is -0.0243. The molecule has 1 aromatic heterocycles. The molecule has 2 rings (SSSR count). The smallest absolute Gasteiger partial charge is 0.246 e. The second kappa shape index (κ2) is 5.16. The molecule has 0 bridgehead atoms. The molecule has 2 amide bonds. The summed E-state index contributed by atoms with van der Waals surface area (Å²) in [6.45, 7) is 4.41. The van der Waals surface area contributed by atoms with Crippen molar-refractivity contribution >= 4 is 11.8 Å². The Balaban J connectivity index is 2.12. The number of nitrogens with one attached hydrogen (secondary N) is 1. The quantitative estimate of drug-likeness (QED) is 0.849. The zero-order valence-corrected chi connectivity index (χ0v) is 10.6. The maximum atomic E-state index is 12.2. The van der Waals surface area contributed by atoms with E-state index < -0.39 is 6.04 Å². The topological polar surface area (TPSA) is 62.3 Å². The van der Waals surface area contributed by atoms with Crippen LogP contribution in [0.25, 0.3) is 0 Å². The molecule has 1 unspecified atom stereocenters. The van der Waals surface area contributed by atoms with Crippen molar-refractivity contribution in [2.75, 3.05) is 6.54 Å². The summed E-state index contributed by atoms with van der Waals surface area (Å²) in [6, 6.07) is 3.31. The average molecular weight is 247 g/mol. The lowest BCUT2D eigenvalue weighted by molar-refractivity contribution is -0.146. The van der Waals surface area contributed by atoms with Crippen molar-refractivity contribution in [3.8, 4) is 0 Å². The van der Waals surface area contributed by atoms with E-state index in [0.717, 1.165) is 5.56 Å². The van der Waals surface area contributed by atoms with Gasteiger partial charge in [-0.2, -0.15) is 0 Å². The molecular formula is C13H17N3O2. The Bertz CT molecular complexity index is 445. The summed E-state index contributed by atoms with van der Waals surface area (Å²) in [6.07, 6.45) is 3.40. The number of rotatable bonds is 3. The van der Waals surface area contributed by atoms with Crippen molar-refractivity contribution in [2.24, 2.45) is 5.92 Å². The molecular weight excluding hydrogens is 230 g/mol. The van der Waals surface area contributed by atoms with Gasteiger partial charge in [0.05, 0.1) is 6.54 Å². The van der Waals surface area contributed by atoms with Crippen LogP contribution in [0.15, 0.2) is 24.5 Å². The third-order valence-corrected chi connectivity index (χ3v) is 2.99. The SMILES string of the molecule is CC(C)C1NC(=O)CN(Cc2cccnc2)C1=O. The normalized spacial score (nSPS) is 20.2. The number of hydrogen-bond acceptors (Lipinski definition) is 3.